The fraction of sp³-hybridized carbons (Fsp3) is 0.500. The van der Waals surface area contributed by atoms with Crippen molar-refractivity contribution >= 4 is 27.9 Å². The third-order valence-corrected chi connectivity index (χ3v) is 7.35. The molecule has 0 aromatic heterocycles. The monoisotopic (exact) mass is 468 g/mol. The first-order chi connectivity index (χ1) is 16.0. The molecule has 0 aliphatic carbocycles. The molecule has 0 bridgehead atoms. The van der Waals surface area contributed by atoms with Crippen molar-refractivity contribution in [1.29, 1.82) is 0 Å². The minimum atomic E-state index is -2.24. The predicted octanol–water partition coefficient (Wildman–Crippen LogP) is 3.63. The molecule has 0 saturated carbocycles. The summed E-state index contributed by atoms with van der Waals surface area (Å²) in [6.07, 6.45) is 8.77. The van der Waals surface area contributed by atoms with Crippen LogP contribution in [0.15, 0.2) is 42.5 Å². The summed E-state index contributed by atoms with van der Waals surface area (Å²) in [5.74, 6) is 2.64. The SMILES string of the molecule is C#CCNC(=O)CCCCN(CC1CCN(C(C)c2cccc3ccccc23)CC1)S(=O)[O-]. The van der Waals surface area contributed by atoms with Gasteiger partial charge >= 0.3 is 0 Å². The lowest BCUT2D eigenvalue weighted by molar-refractivity contribution is -0.120. The lowest BCUT2D eigenvalue weighted by Crippen LogP contribution is -2.40. The van der Waals surface area contributed by atoms with Crippen LogP contribution in [0.2, 0.25) is 0 Å². The van der Waals surface area contributed by atoms with Gasteiger partial charge in [-0.05, 0) is 68.0 Å². The summed E-state index contributed by atoms with van der Waals surface area (Å²) < 4.78 is 25.0. The van der Waals surface area contributed by atoms with E-state index in [-0.39, 0.29) is 12.5 Å². The van der Waals surface area contributed by atoms with E-state index >= 15 is 0 Å². The molecule has 7 heteroatoms. The molecule has 1 aliphatic rings. The van der Waals surface area contributed by atoms with Crippen molar-refractivity contribution in [2.45, 2.75) is 45.1 Å². The number of carbonyl (C=O) groups excluding carboxylic acids is 1. The van der Waals surface area contributed by atoms with Gasteiger partial charge in [-0.25, -0.2) is 4.31 Å². The first-order valence-corrected chi connectivity index (χ1v) is 12.8. The maximum Gasteiger partial charge on any atom is 0.220 e. The summed E-state index contributed by atoms with van der Waals surface area (Å²) >= 11 is -2.24. The lowest BCUT2D eigenvalue weighted by atomic mass is 9.93. The van der Waals surface area contributed by atoms with Gasteiger partial charge in [0.25, 0.3) is 0 Å². The average molecular weight is 469 g/mol. The van der Waals surface area contributed by atoms with E-state index in [4.69, 9.17) is 6.42 Å². The number of carbonyl (C=O) groups is 1. The Morgan fingerprint density at radius 3 is 2.70 bits per heavy atom. The van der Waals surface area contributed by atoms with Gasteiger partial charge in [0.05, 0.1) is 6.54 Å². The zero-order chi connectivity index (χ0) is 23.6. The van der Waals surface area contributed by atoms with E-state index < -0.39 is 11.3 Å². The molecule has 1 saturated heterocycles. The van der Waals surface area contributed by atoms with Crippen molar-refractivity contribution in [1.82, 2.24) is 14.5 Å². The van der Waals surface area contributed by atoms with Crippen LogP contribution in [-0.4, -0.2) is 56.6 Å². The number of rotatable bonds is 11. The Hall–Kier alpha value is -2.24. The van der Waals surface area contributed by atoms with E-state index in [0.29, 0.717) is 44.3 Å². The molecule has 1 fully saturated rings. The fourth-order valence-corrected chi connectivity index (χ4v) is 5.27. The molecule has 178 valence electrons. The van der Waals surface area contributed by atoms with Crippen LogP contribution in [0, 0.1) is 18.3 Å². The zero-order valence-electron chi connectivity index (χ0n) is 19.4. The molecule has 0 spiro atoms. The minimum absolute atomic E-state index is 0.0876. The van der Waals surface area contributed by atoms with Gasteiger partial charge in [0, 0.05) is 36.8 Å². The number of unbranched alkanes of at least 4 members (excludes halogenated alkanes) is 1. The molecule has 1 heterocycles. The molecule has 0 radical (unpaired) electrons. The van der Waals surface area contributed by atoms with Gasteiger partial charge in [0.2, 0.25) is 5.91 Å². The van der Waals surface area contributed by atoms with E-state index in [1.165, 1.54) is 20.6 Å². The Labute approximate surface area is 200 Å². The average Bonchev–Trinajstić information content (AvgIpc) is 2.84. The number of nitrogens with zero attached hydrogens (tertiary/aromatic N) is 2. The zero-order valence-corrected chi connectivity index (χ0v) is 20.2. The number of hydrogen-bond acceptors (Lipinski definition) is 4. The normalized spacial score (nSPS) is 17.0. The van der Waals surface area contributed by atoms with E-state index in [9.17, 15) is 13.6 Å². The second-order valence-corrected chi connectivity index (χ2v) is 9.72. The minimum Gasteiger partial charge on any atom is -0.760 e. The van der Waals surface area contributed by atoms with Crippen molar-refractivity contribution in [2.75, 3.05) is 32.7 Å². The first kappa shape index (κ1) is 25.4. The van der Waals surface area contributed by atoms with E-state index in [1.54, 1.807) is 0 Å². The highest BCUT2D eigenvalue weighted by atomic mass is 32.2. The van der Waals surface area contributed by atoms with Crippen LogP contribution in [0.3, 0.4) is 0 Å². The van der Waals surface area contributed by atoms with Gasteiger partial charge in [-0.1, -0.05) is 48.4 Å². The summed E-state index contributed by atoms with van der Waals surface area (Å²) in [5, 5.41) is 5.19. The Kier molecular flexibility index (Phi) is 9.89. The van der Waals surface area contributed by atoms with Gasteiger partial charge in [0.1, 0.15) is 0 Å². The van der Waals surface area contributed by atoms with Crippen LogP contribution in [0.25, 0.3) is 10.8 Å². The van der Waals surface area contributed by atoms with E-state index in [1.807, 2.05) is 0 Å². The van der Waals surface area contributed by atoms with Crippen LogP contribution in [0.4, 0.5) is 0 Å². The summed E-state index contributed by atoms with van der Waals surface area (Å²) in [4.78, 5) is 14.1. The van der Waals surface area contributed by atoms with Crippen LogP contribution in [0.1, 0.15) is 50.6 Å². The summed E-state index contributed by atoms with van der Waals surface area (Å²) in [6, 6.07) is 15.3. The fourth-order valence-electron chi connectivity index (χ4n) is 4.66. The third-order valence-electron chi connectivity index (χ3n) is 6.59. The highest BCUT2D eigenvalue weighted by Crippen LogP contribution is 2.31. The molecule has 33 heavy (non-hydrogen) atoms. The van der Waals surface area contributed by atoms with Gasteiger partial charge in [-0.15, -0.1) is 6.42 Å². The number of likely N-dealkylation sites (tertiary alicyclic amines) is 1. The first-order valence-electron chi connectivity index (χ1n) is 11.8. The maximum atomic E-state index is 11.7. The summed E-state index contributed by atoms with van der Waals surface area (Å²) in [6.45, 7) is 5.42. The number of benzene rings is 2. The molecular formula is C26H34N3O3S-. The Bertz CT molecular complexity index is 977. The molecule has 1 amide bonds. The van der Waals surface area contributed by atoms with Crippen molar-refractivity contribution in [2.24, 2.45) is 5.92 Å². The number of piperidine rings is 1. The van der Waals surface area contributed by atoms with Gasteiger partial charge in [-0.3, -0.25) is 13.9 Å². The molecule has 2 aromatic rings. The molecule has 3 rings (SSSR count). The standard InChI is InChI=1S/C26H35N3O3S/c1-3-16-27-26(30)13-6-7-17-29(33(31)32)20-22-14-18-28(19-15-22)21(2)24-12-8-10-23-9-4-5-11-25(23)24/h1,4-5,8-12,21-22H,6-7,13-20H2,2H3,(H,27,30)(H,31,32)/p-1. The van der Waals surface area contributed by atoms with Gasteiger partial charge < -0.3 is 9.87 Å². The molecule has 2 unspecified atom stereocenters. The highest BCUT2D eigenvalue weighted by molar-refractivity contribution is 7.76. The van der Waals surface area contributed by atoms with Crippen LogP contribution < -0.4 is 5.32 Å². The maximum absolute atomic E-state index is 11.7. The smallest absolute Gasteiger partial charge is 0.220 e. The summed E-state index contributed by atoms with van der Waals surface area (Å²) in [5.41, 5.74) is 1.35. The molecule has 2 atom stereocenters. The Morgan fingerprint density at radius 1 is 1.24 bits per heavy atom. The number of terminal acetylenes is 1. The van der Waals surface area contributed by atoms with E-state index in [0.717, 1.165) is 25.9 Å². The van der Waals surface area contributed by atoms with Crippen LogP contribution >= 0.6 is 0 Å². The lowest BCUT2D eigenvalue weighted by Gasteiger charge is -2.38. The van der Waals surface area contributed by atoms with Crippen molar-refractivity contribution in [3.05, 3.63) is 48.0 Å². The van der Waals surface area contributed by atoms with Crippen LogP contribution in [-0.2, 0) is 16.1 Å². The molecule has 1 aliphatic heterocycles. The number of fused-ring (bicyclic) bond motifs is 1. The quantitative estimate of drug-likeness (QED) is 0.310. The number of nitrogens with one attached hydrogen (secondary N) is 1. The number of amides is 1. The molecule has 1 N–H and O–H groups in total. The molecule has 2 aromatic carbocycles. The van der Waals surface area contributed by atoms with Crippen molar-refractivity contribution in [3.63, 3.8) is 0 Å². The van der Waals surface area contributed by atoms with E-state index in [2.05, 4.69) is 65.5 Å². The van der Waals surface area contributed by atoms with Gasteiger partial charge in [0.15, 0.2) is 0 Å². The Balaban J connectivity index is 1.46. The van der Waals surface area contributed by atoms with Crippen molar-refractivity contribution < 1.29 is 13.6 Å². The highest BCUT2D eigenvalue weighted by Gasteiger charge is 2.26. The van der Waals surface area contributed by atoms with Gasteiger partial charge in [-0.2, -0.15) is 0 Å². The number of hydrogen-bond donors (Lipinski definition) is 1. The molecular weight excluding hydrogens is 434 g/mol. The second-order valence-electron chi connectivity index (χ2n) is 8.77. The largest absolute Gasteiger partial charge is 0.760 e. The van der Waals surface area contributed by atoms with Crippen molar-refractivity contribution in [3.8, 4) is 12.3 Å². The Morgan fingerprint density at radius 2 is 1.97 bits per heavy atom. The predicted molar refractivity (Wildman–Crippen MR) is 133 cm³/mol. The molecule has 6 nitrogen and oxygen atoms in total. The third kappa shape index (κ3) is 7.38. The topological polar surface area (TPSA) is 75.7 Å². The second kappa shape index (κ2) is 12.9. The van der Waals surface area contributed by atoms with Crippen LogP contribution in [0.5, 0.6) is 0 Å². The summed E-state index contributed by atoms with van der Waals surface area (Å²) in [7, 11) is 0.